The second kappa shape index (κ2) is 6.20. The van der Waals surface area contributed by atoms with Gasteiger partial charge < -0.3 is 4.90 Å². The Kier molecular flexibility index (Phi) is 5.19. The Bertz CT molecular complexity index is 399. The lowest BCUT2D eigenvalue weighted by molar-refractivity contribution is 0.0722. The summed E-state index contributed by atoms with van der Waals surface area (Å²) in [5, 5.41) is 0. The number of aryl methyl sites for hydroxylation is 1. The maximum absolute atomic E-state index is 12.4. The molecule has 3 heteroatoms. The maximum atomic E-state index is 12.4. The van der Waals surface area contributed by atoms with Gasteiger partial charge in [0.1, 0.15) is 0 Å². The molecule has 17 heavy (non-hydrogen) atoms. The number of carbonyl (C=O) groups excluding carboxylic acids is 1. The van der Waals surface area contributed by atoms with Crippen LogP contribution in [0.25, 0.3) is 0 Å². The van der Waals surface area contributed by atoms with Gasteiger partial charge in [0.25, 0.3) is 5.91 Å². The number of nitrogens with zero attached hydrogens (tertiary/aromatic N) is 1. The summed E-state index contributed by atoms with van der Waals surface area (Å²) in [6, 6.07) is 6.11. The van der Waals surface area contributed by atoms with Crippen molar-refractivity contribution in [3.8, 4) is 0 Å². The quantitative estimate of drug-likeness (QED) is 0.822. The first-order valence-corrected chi connectivity index (χ1v) is 6.84. The van der Waals surface area contributed by atoms with Crippen LogP contribution in [0.3, 0.4) is 0 Å². The number of rotatable bonds is 4. The molecule has 0 bridgehead atoms. The van der Waals surface area contributed by atoms with Crippen LogP contribution in [-0.4, -0.2) is 23.9 Å². The monoisotopic (exact) mass is 297 g/mol. The highest BCUT2D eigenvalue weighted by Gasteiger charge is 2.20. The molecule has 0 saturated heterocycles. The number of amides is 1. The van der Waals surface area contributed by atoms with E-state index < -0.39 is 0 Å². The van der Waals surface area contributed by atoms with Crippen molar-refractivity contribution < 1.29 is 4.79 Å². The van der Waals surface area contributed by atoms with E-state index in [1.165, 1.54) is 0 Å². The van der Waals surface area contributed by atoms with E-state index in [-0.39, 0.29) is 5.91 Å². The molecule has 0 aliphatic rings. The van der Waals surface area contributed by atoms with Crippen LogP contribution >= 0.6 is 15.9 Å². The lowest BCUT2D eigenvalue weighted by atomic mass is 10.1. The molecule has 1 rings (SSSR count). The minimum absolute atomic E-state index is 0.0919. The van der Waals surface area contributed by atoms with Crippen molar-refractivity contribution in [1.82, 2.24) is 4.90 Å². The molecule has 2 nitrogen and oxygen atoms in total. The van der Waals surface area contributed by atoms with Crippen molar-refractivity contribution >= 4 is 21.8 Å². The predicted molar refractivity (Wildman–Crippen MR) is 75.3 cm³/mol. The third-order valence-corrected chi connectivity index (χ3v) is 4.29. The van der Waals surface area contributed by atoms with E-state index in [9.17, 15) is 4.79 Å². The van der Waals surface area contributed by atoms with Crippen LogP contribution in [0.15, 0.2) is 22.7 Å². The second-order valence-corrected chi connectivity index (χ2v) is 5.12. The lowest BCUT2D eigenvalue weighted by Crippen LogP contribution is -2.36. The van der Waals surface area contributed by atoms with E-state index in [4.69, 9.17) is 0 Å². The topological polar surface area (TPSA) is 20.3 Å². The molecule has 0 heterocycles. The highest BCUT2D eigenvalue weighted by molar-refractivity contribution is 9.10. The molecule has 0 unspecified atom stereocenters. The van der Waals surface area contributed by atoms with Crippen LogP contribution in [0.2, 0.25) is 0 Å². The minimum Gasteiger partial charge on any atom is -0.339 e. The van der Waals surface area contributed by atoms with Crippen LogP contribution in [0, 0.1) is 6.92 Å². The average molecular weight is 298 g/mol. The summed E-state index contributed by atoms with van der Waals surface area (Å²) in [7, 11) is 1.88. The Morgan fingerprint density at radius 2 is 1.94 bits per heavy atom. The first kappa shape index (κ1) is 14.2. The van der Waals surface area contributed by atoms with E-state index in [0.717, 1.165) is 28.4 Å². The summed E-state index contributed by atoms with van der Waals surface area (Å²) in [4.78, 5) is 14.2. The van der Waals surface area contributed by atoms with Crippen LogP contribution < -0.4 is 0 Å². The average Bonchev–Trinajstić information content (AvgIpc) is 2.33. The van der Waals surface area contributed by atoms with Gasteiger partial charge in [0.2, 0.25) is 0 Å². The summed E-state index contributed by atoms with van der Waals surface area (Å²) >= 11 is 3.49. The first-order valence-electron chi connectivity index (χ1n) is 6.05. The lowest BCUT2D eigenvalue weighted by Gasteiger charge is -2.27. The summed E-state index contributed by atoms with van der Waals surface area (Å²) in [6.45, 7) is 6.23. The molecule has 0 aromatic heterocycles. The molecule has 0 fully saturated rings. The van der Waals surface area contributed by atoms with Crippen molar-refractivity contribution in [2.75, 3.05) is 7.05 Å². The summed E-state index contributed by atoms with van der Waals surface area (Å²) < 4.78 is 0.905. The van der Waals surface area contributed by atoms with Gasteiger partial charge in [-0.1, -0.05) is 26.0 Å². The molecule has 94 valence electrons. The SMILES string of the molecule is CCC(CC)N(C)C(=O)c1cccc(C)c1Br. The highest BCUT2D eigenvalue weighted by Crippen LogP contribution is 2.23. The standard InChI is InChI=1S/C14H20BrNO/c1-5-11(6-2)16(4)14(17)12-9-7-8-10(3)13(12)15/h7-9,11H,5-6H2,1-4H3. The van der Waals surface area contributed by atoms with Gasteiger partial charge in [-0.15, -0.1) is 0 Å². The number of carbonyl (C=O) groups is 1. The van der Waals surface area contributed by atoms with Crippen molar-refractivity contribution in [1.29, 1.82) is 0 Å². The number of halogens is 1. The summed E-state index contributed by atoms with van der Waals surface area (Å²) in [5.41, 5.74) is 1.84. The van der Waals surface area contributed by atoms with Crippen molar-refractivity contribution in [3.63, 3.8) is 0 Å². The Morgan fingerprint density at radius 3 is 2.47 bits per heavy atom. The van der Waals surface area contributed by atoms with Crippen LogP contribution in [0.5, 0.6) is 0 Å². The molecule has 0 aliphatic carbocycles. The summed E-state index contributed by atoms with van der Waals surface area (Å²) in [6.07, 6.45) is 1.98. The van der Waals surface area contributed by atoms with Gasteiger partial charge >= 0.3 is 0 Å². The van der Waals surface area contributed by atoms with Crippen molar-refractivity contribution in [2.45, 2.75) is 39.7 Å². The zero-order chi connectivity index (χ0) is 13.0. The van der Waals surface area contributed by atoms with Gasteiger partial charge in [0.05, 0.1) is 5.56 Å². The number of hydrogen-bond donors (Lipinski definition) is 0. The van der Waals surface area contributed by atoms with Gasteiger partial charge in [0.15, 0.2) is 0 Å². The van der Waals surface area contributed by atoms with Crippen molar-refractivity contribution in [3.05, 3.63) is 33.8 Å². The van der Waals surface area contributed by atoms with Crippen molar-refractivity contribution in [2.24, 2.45) is 0 Å². The molecular weight excluding hydrogens is 278 g/mol. The van der Waals surface area contributed by atoms with E-state index in [2.05, 4.69) is 29.8 Å². The van der Waals surface area contributed by atoms with Crippen LogP contribution in [0.4, 0.5) is 0 Å². The van der Waals surface area contributed by atoms with E-state index in [1.807, 2.05) is 37.1 Å². The van der Waals surface area contributed by atoms with Gasteiger partial charge in [-0.2, -0.15) is 0 Å². The van der Waals surface area contributed by atoms with Gasteiger partial charge in [-0.3, -0.25) is 4.79 Å². The molecule has 1 aromatic carbocycles. The highest BCUT2D eigenvalue weighted by atomic mass is 79.9. The molecule has 0 aliphatic heterocycles. The molecule has 0 spiro atoms. The molecule has 0 atom stereocenters. The number of benzene rings is 1. The minimum atomic E-state index is 0.0919. The number of hydrogen-bond acceptors (Lipinski definition) is 1. The van der Waals surface area contributed by atoms with E-state index in [1.54, 1.807) is 0 Å². The van der Waals surface area contributed by atoms with Gasteiger partial charge in [-0.25, -0.2) is 0 Å². The predicted octanol–water partition coefficient (Wildman–Crippen LogP) is 4.02. The Balaban J connectivity index is 3.00. The summed E-state index contributed by atoms with van der Waals surface area (Å²) in [5.74, 6) is 0.0919. The normalized spacial score (nSPS) is 10.7. The Hall–Kier alpha value is -0.830. The molecule has 0 saturated carbocycles. The zero-order valence-electron chi connectivity index (χ0n) is 11.0. The largest absolute Gasteiger partial charge is 0.339 e. The fraction of sp³-hybridized carbons (Fsp3) is 0.500. The third kappa shape index (κ3) is 3.09. The Morgan fingerprint density at radius 1 is 1.35 bits per heavy atom. The third-order valence-electron chi connectivity index (χ3n) is 3.23. The molecule has 1 amide bonds. The fourth-order valence-electron chi connectivity index (χ4n) is 2.00. The second-order valence-electron chi connectivity index (χ2n) is 4.32. The van der Waals surface area contributed by atoms with E-state index in [0.29, 0.717) is 6.04 Å². The zero-order valence-corrected chi connectivity index (χ0v) is 12.5. The molecule has 1 aromatic rings. The van der Waals surface area contributed by atoms with E-state index >= 15 is 0 Å². The van der Waals surface area contributed by atoms with Gasteiger partial charge in [0, 0.05) is 17.6 Å². The van der Waals surface area contributed by atoms with Gasteiger partial charge in [-0.05, 0) is 47.3 Å². The molecule has 0 N–H and O–H groups in total. The smallest absolute Gasteiger partial charge is 0.254 e. The maximum Gasteiger partial charge on any atom is 0.254 e. The Labute approximate surface area is 112 Å². The first-order chi connectivity index (χ1) is 8.02. The fourth-order valence-corrected chi connectivity index (χ4v) is 2.44. The van der Waals surface area contributed by atoms with Crippen LogP contribution in [0.1, 0.15) is 42.6 Å². The van der Waals surface area contributed by atoms with Crippen LogP contribution in [-0.2, 0) is 0 Å². The molecular formula is C14H20BrNO. The molecule has 0 radical (unpaired) electrons.